The second-order valence-corrected chi connectivity index (χ2v) is 3.88. The van der Waals surface area contributed by atoms with E-state index in [-0.39, 0.29) is 3.92 Å². The first-order valence-electron chi connectivity index (χ1n) is 2.76. The van der Waals surface area contributed by atoms with Crippen molar-refractivity contribution in [2.45, 2.75) is 24.2 Å². The molecule has 1 nitrogen and oxygen atoms in total. The summed E-state index contributed by atoms with van der Waals surface area (Å²) in [4.78, 5) is 10.0. The summed E-state index contributed by atoms with van der Waals surface area (Å²) >= 11 is 2.15. The van der Waals surface area contributed by atoms with Gasteiger partial charge in [0.15, 0.2) is 0 Å². The molecule has 0 spiro atoms. The molecule has 0 heterocycles. The first-order valence-corrected chi connectivity index (χ1v) is 4.00. The Morgan fingerprint density at radius 3 is 2.25 bits per heavy atom. The number of hydrogen-bond acceptors (Lipinski definition) is 1. The molecule has 0 amide bonds. The van der Waals surface area contributed by atoms with E-state index in [1.54, 1.807) is 0 Å². The second kappa shape index (κ2) is 4.30. The zero-order valence-corrected chi connectivity index (χ0v) is 7.38. The van der Waals surface area contributed by atoms with Crippen molar-refractivity contribution in [3.05, 3.63) is 0 Å². The van der Waals surface area contributed by atoms with Gasteiger partial charge in [0, 0.05) is 0 Å². The molecule has 0 aromatic rings. The van der Waals surface area contributed by atoms with E-state index in [1.165, 1.54) is 0 Å². The lowest BCUT2D eigenvalue weighted by Crippen LogP contribution is -2.02. The standard InChI is InChI=1S/C6H11IO/c1-5(2)3-6(7)4-8/h4-6H,3H2,1-2H3. The molecule has 0 aliphatic carbocycles. The first-order chi connectivity index (χ1) is 3.66. The van der Waals surface area contributed by atoms with E-state index in [0.717, 1.165) is 12.7 Å². The van der Waals surface area contributed by atoms with Crippen molar-refractivity contribution in [1.82, 2.24) is 0 Å². The minimum atomic E-state index is 0.215. The third-order valence-corrected chi connectivity index (χ3v) is 1.65. The molecule has 0 saturated carbocycles. The normalized spacial score (nSPS) is 14.0. The average Bonchev–Trinajstić information content (AvgIpc) is 1.65. The molecule has 0 saturated heterocycles. The van der Waals surface area contributed by atoms with Gasteiger partial charge in [-0.25, -0.2) is 0 Å². The van der Waals surface area contributed by atoms with Crippen molar-refractivity contribution in [2.24, 2.45) is 5.92 Å². The van der Waals surface area contributed by atoms with Crippen LogP contribution in [0.3, 0.4) is 0 Å². The van der Waals surface area contributed by atoms with Gasteiger partial charge in [0.2, 0.25) is 0 Å². The molecule has 48 valence electrons. The topological polar surface area (TPSA) is 17.1 Å². The van der Waals surface area contributed by atoms with Crippen molar-refractivity contribution < 1.29 is 4.79 Å². The molecule has 0 N–H and O–H groups in total. The first kappa shape index (κ1) is 8.40. The van der Waals surface area contributed by atoms with E-state index in [2.05, 4.69) is 36.4 Å². The molecule has 0 aromatic carbocycles. The van der Waals surface area contributed by atoms with Crippen LogP contribution in [0.15, 0.2) is 0 Å². The number of rotatable bonds is 3. The zero-order valence-electron chi connectivity index (χ0n) is 5.23. The van der Waals surface area contributed by atoms with Crippen LogP contribution in [0, 0.1) is 5.92 Å². The van der Waals surface area contributed by atoms with Crippen LogP contribution in [0.5, 0.6) is 0 Å². The van der Waals surface area contributed by atoms with Gasteiger partial charge in [0.05, 0.1) is 3.92 Å². The van der Waals surface area contributed by atoms with Gasteiger partial charge >= 0.3 is 0 Å². The van der Waals surface area contributed by atoms with Gasteiger partial charge < -0.3 is 4.79 Å². The lowest BCUT2D eigenvalue weighted by atomic mass is 10.1. The SMILES string of the molecule is CC(C)CC(I)C=O. The van der Waals surface area contributed by atoms with Gasteiger partial charge in [-0.05, 0) is 12.3 Å². The quantitative estimate of drug-likeness (QED) is 0.408. The van der Waals surface area contributed by atoms with E-state index < -0.39 is 0 Å². The molecule has 8 heavy (non-hydrogen) atoms. The largest absolute Gasteiger partial charge is 0.302 e. The average molecular weight is 226 g/mol. The molecule has 2 heteroatoms. The van der Waals surface area contributed by atoms with Gasteiger partial charge in [-0.2, -0.15) is 0 Å². The maximum Gasteiger partial charge on any atom is 0.132 e. The van der Waals surface area contributed by atoms with E-state index in [1.807, 2.05) is 0 Å². The predicted octanol–water partition coefficient (Wildman–Crippen LogP) is 2.04. The number of hydrogen-bond donors (Lipinski definition) is 0. The summed E-state index contributed by atoms with van der Waals surface area (Å²) in [6, 6.07) is 0. The molecule has 0 radical (unpaired) electrons. The maximum atomic E-state index is 10.0. The summed E-state index contributed by atoms with van der Waals surface area (Å²) in [6.07, 6.45) is 2.00. The van der Waals surface area contributed by atoms with Crippen molar-refractivity contribution in [3.8, 4) is 0 Å². The Morgan fingerprint density at radius 1 is 1.62 bits per heavy atom. The van der Waals surface area contributed by atoms with Gasteiger partial charge in [0.1, 0.15) is 6.29 Å². The van der Waals surface area contributed by atoms with Crippen LogP contribution < -0.4 is 0 Å². The minimum absolute atomic E-state index is 0.215. The molecule has 0 bridgehead atoms. The Balaban J connectivity index is 3.23. The van der Waals surface area contributed by atoms with Crippen LogP contribution in [0.25, 0.3) is 0 Å². The second-order valence-electron chi connectivity index (χ2n) is 2.28. The minimum Gasteiger partial charge on any atom is -0.302 e. The van der Waals surface area contributed by atoms with E-state index in [9.17, 15) is 4.79 Å². The highest BCUT2D eigenvalue weighted by Crippen LogP contribution is 2.09. The Bertz CT molecular complexity index is 70.9. The summed E-state index contributed by atoms with van der Waals surface area (Å²) in [6.45, 7) is 4.24. The van der Waals surface area contributed by atoms with Crippen molar-refractivity contribution in [2.75, 3.05) is 0 Å². The third-order valence-electron chi connectivity index (χ3n) is 0.844. The Hall–Kier alpha value is 0.400. The molecule has 0 rings (SSSR count). The zero-order chi connectivity index (χ0) is 6.57. The fraction of sp³-hybridized carbons (Fsp3) is 0.833. The van der Waals surface area contributed by atoms with Crippen molar-refractivity contribution >= 4 is 28.9 Å². The highest BCUT2D eigenvalue weighted by atomic mass is 127. The fourth-order valence-corrected chi connectivity index (χ4v) is 1.52. The van der Waals surface area contributed by atoms with Crippen LogP contribution in [-0.4, -0.2) is 10.2 Å². The summed E-state index contributed by atoms with van der Waals surface area (Å²) < 4.78 is 0.215. The molecular formula is C6H11IO. The number of carbonyl (C=O) groups excluding carboxylic acids is 1. The van der Waals surface area contributed by atoms with Gasteiger partial charge in [-0.1, -0.05) is 36.4 Å². The van der Waals surface area contributed by atoms with Crippen molar-refractivity contribution in [3.63, 3.8) is 0 Å². The Morgan fingerprint density at radius 2 is 2.12 bits per heavy atom. The van der Waals surface area contributed by atoms with E-state index in [4.69, 9.17) is 0 Å². The van der Waals surface area contributed by atoms with Gasteiger partial charge in [-0.15, -0.1) is 0 Å². The number of aldehydes is 1. The van der Waals surface area contributed by atoms with Gasteiger partial charge in [0.25, 0.3) is 0 Å². The smallest absolute Gasteiger partial charge is 0.132 e. The fourth-order valence-electron chi connectivity index (χ4n) is 0.506. The molecule has 0 fully saturated rings. The maximum absolute atomic E-state index is 10.0. The molecular weight excluding hydrogens is 215 g/mol. The van der Waals surface area contributed by atoms with Crippen LogP contribution in [0.2, 0.25) is 0 Å². The molecule has 0 aliphatic heterocycles. The van der Waals surface area contributed by atoms with Crippen LogP contribution in [0.1, 0.15) is 20.3 Å². The van der Waals surface area contributed by atoms with Crippen LogP contribution in [-0.2, 0) is 4.79 Å². The molecule has 1 unspecified atom stereocenters. The van der Waals surface area contributed by atoms with Gasteiger partial charge in [-0.3, -0.25) is 0 Å². The molecule has 1 atom stereocenters. The summed E-state index contributed by atoms with van der Waals surface area (Å²) in [7, 11) is 0. The van der Waals surface area contributed by atoms with Crippen molar-refractivity contribution in [1.29, 1.82) is 0 Å². The number of halogens is 1. The highest BCUT2D eigenvalue weighted by molar-refractivity contribution is 14.1. The summed E-state index contributed by atoms with van der Waals surface area (Å²) in [5.74, 6) is 0.641. The van der Waals surface area contributed by atoms with E-state index in [0.29, 0.717) is 5.92 Å². The Kier molecular flexibility index (Phi) is 4.51. The predicted molar refractivity (Wildman–Crippen MR) is 43.3 cm³/mol. The Labute approximate surface area is 64.0 Å². The lowest BCUT2D eigenvalue weighted by Gasteiger charge is -2.03. The molecule has 0 aliphatic rings. The van der Waals surface area contributed by atoms with E-state index >= 15 is 0 Å². The number of carbonyl (C=O) groups is 1. The molecule has 0 aromatic heterocycles. The van der Waals surface area contributed by atoms with Crippen LogP contribution in [0.4, 0.5) is 0 Å². The summed E-state index contributed by atoms with van der Waals surface area (Å²) in [5, 5.41) is 0. The highest BCUT2D eigenvalue weighted by Gasteiger charge is 2.02. The lowest BCUT2D eigenvalue weighted by molar-refractivity contribution is -0.107. The monoisotopic (exact) mass is 226 g/mol. The number of alkyl halides is 1. The third kappa shape index (κ3) is 4.56. The summed E-state index contributed by atoms with van der Waals surface area (Å²) in [5.41, 5.74) is 0. The van der Waals surface area contributed by atoms with Crippen LogP contribution >= 0.6 is 22.6 Å².